The maximum Gasteiger partial charge on any atom is 0.139 e. The molecule has 1 aliphatic heterocycles. The fraction of sp³-hybridized carbons (Fsp3) is 0.571. The van der Waals surface area contributed by atoms with Gasteiger partial charge in [-0.15, -0.1) is 0 Å². The number of aliphatic hydroxyl groups excluding tert-OH is 1. The summed E-state index contributed by atoms with van der Waals surface area (Å²) in [6.07, 6.45) is -0.215. The number of ether oxygens (including phenoxy) is 2. The van der Waals surface area contributed by atoms with E-state index >= 15 is 0 Å². The van der Waals surface area contributed by atoms with Crippen LogP contribution in [0.25, 0.3) is 0 Å². The van der Waals surface area contributed by atoms with Gasteiger partial charge in [-0.25, -0.2) is 0 Å². The zero-order valence-electron chi connectivity index (χ0n) is 11.0. The normalized spacial score (nSPS) is 29.4. The molecule has 0 unspecified atom stereocenters. The second kappa shape index (κ2) is 6.29. The van der Waals surface area contributed by atoms with Gasteiger partial charge in [-0.2, -0.15) is 0 Å². The second-order valence-corrected chi connectivity index (χ2v) is 4.64. The first-order valence-corrected chi connectivity index (χ1v) is 6.28. The maximum absolute atomic E-state index is 10.2. The van der Waals surface area contributed by atoms with Gasteiger partial charge in [0.1, 0.15) is 12.3 Å². The molecule has 1 N–H and O–H groups in total. The number of rotatable bonds is 4. The van der Waals surface area contributed by atoms with E-state index in [4.69, 9.17) is 9.47 Å². The van der Waals surface area contributed by atoms with Crippen molar-refractivity contribution in [1.29, 1.82) is 0 Å². The molecule has 1 fully saturated rings. The number of nitrogens with zero attached hydrogens (tertiary/aromatic N) is 1. The Morgan fingerprint density at radius 3 is 2.56 bits per heavy atom. The van der Waals surface area contributed by atoms with Crippen molar-refractivity contribution in [3.05, 3.63) is 35.9 Å². The molecule has 0 aliphatic carbocycles. The number of methoxy groups -OCH3 is 2. The molecule has 0 amide bonds. The van der Waals surface area contributed by atoms with Gasteiger partial charge in [-0.05, 0) is 12.0 Å². The highest BCUT2D eigenvalue weighted by molar-refractivity contribution is 5.14. The molecule has 4 nitrogen and oxygen atoms in total. The monoisotopic (exact) mass is 251 g/mol. The first-order chi connectivity index (χ1) is 8.76. The van der Waals surface area contributed by atoms with Crippen molar-refractivity contribution in [2.24, 2.45) is 0 Å². The smallest absolute Gasteiger partial charge is 0.139 e. The number of likely N-dealkylation sites (tertiary alicyclic amines) is 1. The Labute approximate surface area is 108 Å². The molecule has 1 saturated heterocycles. The van der Waals surface area contributed by atoms with Crippen molar-refractivity contribution in [3.8, 4) is 0 Å². The summed E-state index contributed by atoms with van der Waals surface area (Å²) in [5.74, 6) is 0. The lowest BCUT2D eigenvalue weighted by Crippen LogP contribution is -2.55. The largest absolute Gasteiger partial charge is 0.386 e. The fourth-order valence-electron chi connectivity index (χ4n) is 2.52. The van der Waals surface area contributed by atoms with Crippen LogP contribution in [-0.4, -0.2) is 49.2 Å². The van der Waals surface area contributed by atoms with Crippen LogP contribution in [0.15, 0.2) is 30.3 Å². The van der Waals surface area contributed by atoms with Crippen molar-refractivity contribution < 1.29 is 14.6 Å². The third kappa shape index (κ3) is 2.90. The second-order valence-electron chi connectivity index (χ2n) is 4.64. The van der Waals surface area contributed by atoms with E-state index < -0.39 is 6.10 Å². The van der Waals surface area contributed by atoms with Crippen LogP contribution in [0.4, 0.5) is 0 Å². The minimum absolute atomic E-state index is 0.137. The highest BCUT2D eigenvalue weighted by Crippen LogP contribution is 2.22. The minimum Gasteiger partial charge on any atom is -0.386 e. The summed E-state index contributed by atoms with van der Waals surface area (Å²) in [7, 11) is 3.26. The molecule has 1 heterocycles. The Balaban J connectivity index is 2.04. The molecule has 1 aromatic rings. The van der Waals surface area contributed by atoms with Crippen LogP contribution in [0.2, 0.25) is 0 Å². The van der Waals surface area contributed by atoms with Crippen LogP contribution in [-0.2, 0) is 16.0 Å². The average molecular weight is 251 g/mol. The first kappa shape index (κ1) is 13.5. The Kier molecular flexibility index (Phi) is 4.72. The van der Waals surface area contributed by atoms with Crippen LogP contribution >= 0.6 is 0 Å². The zero-order chi connectivity index (χ0) is 13.0. The molecule has 0 saturated carbocycles. The molecule has 0 spiro atoms. The highest BCUT2D eigenvalue weighted by Gasteiger charge is 2.37. The van der Waals surface area contributed by atoms with Crippen LogP contribution in [0, 0.1) is 0 Å². The molecule has 0 bridgehead atoms. The predicted molar refractivity (Wildman–Crippen MR) is 69.1 cm³/mol. The lowest BCUT2D eigenvalue weighted by atomic mass is 10.0. The van der Waals surface area contributed by atoms with Crippen LogP contribution in [0.3, 0.4) is 0 Å². The quantitative estimate of drug-likeness (QED) is 0.874. The third-order valence-electron chi connectivity index (χ3n) is 3.51. The van der Waals surface area contributed by atoms with Crippen molar-refractivity contribution in [3.63, 3.8) is 0 Å². The van der Waals surface area contributed by atoms with Gasteiger partial charge in [0.25, 0.3) is 0 Å². The van der Waals surface area contributed by atoms with Crippen LogP contribution in [0.1, 0.15) is 12.0 Å². The molecule has 4 heteroatoms. The maximum atomic E-state index is 10.2. The predicted octanol–water partition coefficient (Wildman–Crippen LogP) is 1.24. The van der Waals surface area contributed by atoms with E-state index in [2.05, 4.69) is 17.0 Å². The summed E-state index contributed by atoms with van der Waals surface area (Å²) in [5, 5.41) is 10.2. The summed E-state index contributed by atoms with van der Waals surface area (Å²) in [4.78, 5) is 2.15. The van der Waals surface area contributed by atoms with Gasteiger partial charge in [-0.1, -0.05) is 30.3 Å². The molecular weight excluding hydrogens is 230 g/mol. The Morgan fingerprint density at radius 2 is 1.94 bits per heavy atom. The Morgan fingerprint density at radius 1 is 1.22 bits per heavy atom. The molecule has 1 aliphatic rings. The van der Waals surface area contributed by atoms with Gasteiger partial charge >= 0.3 is 0 Å². The van der Waals surface area contributed by atoms with Gasteiger partial charge < -0.3 is 14.6 Å². The summed E-state index contributed by atoms with van der Waals surface area (Å²) >= 11 is 0. The first-order valence-electron chi connectivity index (χ1n) is 6.28. The Hall–Kier alpha value is -0.940. The van der Waals surface area contributed by atoms with E-state index in [-0.39, 0.29) is 12.3 Å². The summed E-state index contributed by atoms with van der Waals surface area (Å²) in [6.45, 7) is 1.65. The van der Waals surface area contributed by atoms with E-state index in [1.165, 1.54) is 5.56 Å². The molecule has 0 radical (unpaired) electrons. The van der Waals surface area contributed by atoms with Crippen molar-refractivity contribution in [2.45, 2.75) is 31.4 Å². The standard InChI is InChI=1S/C14H21NO3/c1-17-12-8-9-15(14(18-2)13(12)16)10-11-6-4-3-5-7-11/h3-7,12-14,16H,8-10H2,1-2H3/t12-,13+,14-/m1/s1. The number of piperidine rings is 1. The van der Waals surface area contributed by atoms with E-state index in [0.717, 1.165) is 19.5 Å². The molecule has 1 aromatic carbocycles. The number of benzene rings is 1. The van der Waals surface area contributed by atoms with Crippen molar-refractivity contribution in [1.82, 2.24) is 4.90 Å². The number of hydrogen-bond donors (Lipinski definition) is 1. The topological polar surface area (TPSA) is 41.9 Å². The van der Waals surface area contributed by atoms with Crippen molar-refractivity contribution in [2.75, 3.05) is 20.8 Å². The van der Waals surface area contributed by atoms with Gasteiger partial charge in [0.05, 0.1) is 6.10 Å². The third-order valence-corrected chi connectivity index (χ3v) is 3.51. The molecule has 18 heavy (non-hydrogen) atoms. The summed E-state index contributed by atoms with van der Waals surface area (Å²) in [5.41, 5.74) is 1.22. The summed E-state index contributed by atoms with van der Waals surface area (Å²) < 4.78 is 10.7. The Bertz CT molecular complexity index is 357. The van der Waals surface area contributed by atoms with Gasteiger partial charge in [0.2, 0.25) is 0 Å². The lowest BCUT2D eigenvalue weighted by Gasteiger charge is -2.41. The van der Waals surface area contributed by atoms with Crippen LogP contribution < -0.4 is 0 Å². The van der Waals surface area contributed by atoms with E-state index in [1.54, 1.807) is 14.2 Å². The van der Waals surface area contributed by atoms with Gasteiger partial charge in [0.15, 0.2) is 0 Å². The SMILES string of the molecule is CO[C@@H]1[C@@H](O)[C@H](OC)CCN1Cc1ccccc1. The van der Waals surface area contributed by atoms with Crippen LogP contribution in [0.5, 0.6) is 0 Å². The summed E-state index contributed by atoms with van der Waals surface area (Å²) in [6, 6.07) is 10.2. The molecular formula is C14H21NO3. The average Bonchev–Trinajstić information content (AvgIpc) is 2.40. The van der Waals surface area contributed by atoms with Crippen molar-refractivity contribution >= 4 is 0 Å². The molecule has 100 valence electrons. The lowest BCUT2D eigenvalue weighted by molar-refractivity contribution is -0.179. The number of aliphatic hydroxyl groups is 1. The van der Waals surface area contributed by atoms with E-state index in [9.17, 15) is 5.11 Å². The van der Waals surface area contributed by atoms with E-state index in [0.29, 0.717) is 0 Å². The van der Waals surface area contributed by atoms with Gasteiger partial charge in [0, 0.05) is 27.3 Å². The van der Waals surface area contributed by atoms with Gasteiger partial charge in [-0.3, -0.25) is 4.90 Å². The molecule has 2 rings (SSSR count). The minimum atomic E-state index is -0.600. The molecule has 0 aromatic heterocycles. The van der Waals surface area contributed by atoms with E-state index in [1.807, 2.05) is 18.2 Å². The number of hydrogen-bond acceptors (Lipinski definition) is 4. The highest BCUT2D eigenvalue weighted by atomic mass is 16.5. The zero-order valence-corrected chi connectivity index (χ0v) is 11.0. The molecule has 3 atom stereocenters. The fourth-order valence-corrected chi connectivity index (χ4v) is 2.52.